The monoisotopic (exact) mass is 470 g/mol. The van der Waals surface area contributed by atoms with E-state index in [9.17, 15) is 14.7 Å². The Balaban J connectivity index is 2.40. The molecule has 2 rings (SSSR count). The maximum atomic E-state index is 12.6. The molecule has 0 heterocycles. The summed E-state index contributed by atoms with van der Waals surface area (Å²) < 4.78 is 11.2. The first kappa shape index (κ1) is 27.2. The highest BCUT2D eigenvalue weighted by Gasteiger charge is 2.41. The van der Waals surface area contributed by atoms with Crippen molar-refractivity contribution in [3.8, 4) is 0 Å². The van der Waals surface area contributed by atoms with Gasteiger partial charge in [-0.1, -0.05) is 74.5 Å². The third-order valence-corrected chi connectivity index (χ3v) is 5.34. The number of aliphatic hydroxyl groups excluding tert-OH is 1. The molecule has 0 radical (unpaired) electrons. The molecule has 7 nitrogen and oxygen atoms in total. The quantitative estimate of drug-likeness (QED) is 0.457. The third-order valence-electron chi connectivity index (χ3n) is 5.34. The van der Waals surface area contributed by atoms with Crippen LogP contribution in [0.3, 0.4) is 0 Å². The molecule has 4 N–H and O–H groups in total. The number of ether oxygens (including phenoxy) is 2. The van der Waals surface area contributed by atoms with Gasteiger partial charge in [-0.05, 0) is 50.7 Å². The normalized spacial score (nSPS) is 15.1. The predicted octanol–water partition coefficient (Wildman–Crippen LogP) is 4.91. The number of benzene rings is 2. The zero-order valence-electron chi connectivity index (χ0n) is 20.8. The van der Waals surface area contributed by atoms with Gasteiger partial charge in [0.25, 0.3) is 0 Å². The van der Waals surface area contributed by atoms with Gasteiger partial charge in [0.2, 0.25) is 0 Å². The first-order valence-electron chi connectivity index (χ1n) is 11.7. The summed E-state index contributed by atoms with van der Waals surface area (Å²) in [7, 11) is 0. The van der Waals surface area contributed by atoms with E-state index < -0.39 is 35.5 Å². The molecule has 7 heteroatoms. The summed E-state index contributed by atoms with van der Waals surface area (Å²) in [6, 6.07) is 18.1. The van der Waals surface area contributed by atoms with Crippen molar-refractivity contribution in [3.05, 3.63) is 71.8 Å². The van der Waals surface area contributed by atoms with Crippen molar-refractivity contribution in [1.82, 2.24) is 5.32 Å². The van der Waals surface area contributed by atoms with Gasteiger partial charge in [-0.25, -0.2) is 9.59 Å². The van der Waals surface area contributed by atoms with Crippen LogP contribution in [-0.2, 0) is 21.5 Å². The van der Waals surface area contributed by atoms with Gasteiger partial charge >= 0.3 is 12.2 Å². The summed E-state index contributed by atoms with van der Waals surface area (Å²) in [5.41, 5.74) is 5.31. The number of carbonyl (C=O) groups excluding carboxylic acids is 2. The molecule has 0 aromatic heterocycles. The number of carbonyl (C=O) groups is 2. The minimum Gasteiger partial charge on any atom is -0.444 e. The number of amides is 2. The molecule has 0 aliphatic rings. The molecule has 0 aliphatic heterocycles. The fourth-order valence-corrected chi connectivity index (χ4v) is 4.15. The summed E-state index contributed by atoms with van der Waals surface area (Å²) in [6.45, 7) is 9.35. The van der Waals surface area contributed by atoms with E-state index in [1.165, 1.54) is 0 Å². The van der Waals surface area contributed by atoms with Crippen LogP contribution in [0.5, 0.6) is 0 Å². The lowest BCUT2D eigenvalue weighted by Crippen LogP contribution is -2.50. The van der Waals surface area contributed by atoms with Crippen molar-refractivity contribution in [3.63, 3.8) is 0 Å². The molecule has 3 unspecified atom stereocenters. The topological polar surface area (TPSA) is 111 Å². The standard InChI is InChI=1S/C27H38N2O5/c1-19(2)17-27(33-24(28)31,21-14-10-7-11-15-21)18-23(30)22(16-20-12-8-6-9-13-20)29-25(32)34-26(3,4)5/h6-15,19,22-23,30H,16-18H2,1-5H3,(H2,28,31)(H,29,32). The first-order chi connectivity index (χ1) is 15.9. The minimum atomic E-state index is -1.16. The van der Waals surface area contributed by atoms with E-state index >= 15 is 0 Å². The Morgan fingerprint density at radius 3 is 2.00 bits per heavy atom. The molecule has 0 saturated heterocycles. The minimum absolute atomic E-state index is 0.0471. The highest BCUT2D eigenvalue weighted by Crippen LogP contribution is 2.38. The highest BCUT2D eigenvalue weighted by molar-refractivity contribution is 5.68. The summed E-state index contributed by atoms with van der Waals surface area (Å²) >= 11 is 0. The maximum Gasteiger partial charge on any atom is 0.407 e. The predicted molar refractivity (Wildman–Crippen MR) is 132 cm³/mol. The summed E-state index contributed by atoms with van der Waals surface area (Å²) in [5.74, 6) is 0.137. The second-order valence-electron chi connectivity index (χ2n) is 10.1. The van der Waals surface area contributed by atoms with Gasteiger partial charge in [0.15, 0.2) is 0 Å². The number of nitrogens with two attached hydrogens (primary N) is 1. The largest absolute Gasteiger partial charge is 0.444 e. The Morgan fingerprint density at radius 2 is 1.50 bits per heavy atom. The van der Waals surface area contributed by atoms with Crippen LogP contribution >= 0.6 is 0 Å². The van der Waals surface area contributed by atoms with Gasteiger partial charge in [-0.2, -0.15) is 0 Å². The molecule has 2 amide bonds. The number of rotatable bonds is 10. The second-order valence-corrected chi connectivity index (χ2v) is 10.1. The molecular formula is C27H38N2O5. The molecule has 34 heavy (non-hydrogen) atoms. The van der Waals surface area contributed by atoms with Gasteiger partial charge < -0.3 is 25.6 Å². The van der Waals surface area contributed by atoms with Crippen LogP contribution in [0.1, 0.15) is 58.6 Å². The van der Waals surface area contributed by atoms with Crippen LogP contribution < -0.4 is 11.1 Å². The molecule has 0 bridgehead atoms. The van der Waals surface area contributed by atoms with E-state index in [1.807, 2.05) is 74.5 Å². The van der Waals surface area contributed by atoms with E-state index in [0.29, 0.717) is 12.8 Å². The molecule has 3 atom stereocenters. The SMILES string of the molecule is CC(C)CC(CC(O)C(Cc1ccccc1)NC(=O)OC(C)(C)C)(OC(N)=O)c1ccccc1. The Kier molecular flexibility index (Phi) is 9.50. The maximum absolute atomic E-state index is 12.6. The number of hydrogen-bond donors (Lipinski definition) is 3. The van der Waals surface area contributed by atoms with Crippen LogP contribution in [0, 0.1) is 5.92 Å². The molecule has 2 aromatic rings. The van der Waals surface area contributed by atoms with E-state index in [4.69, 9.17) is 15.2 Å². The summed E-state index contributed by atoms with van der Waals surface area (Å²) in [4.78, 5) is 24.6. The summed E-state index contributed by atoms with van der Waals surface area (Å²) in [6.07, 6.45) is -1.75. The van der Waals surface area contributed by atoms with Crippen LogP contribution in [0.2, 0.25) is 0 Å². The van der Waals surface area contributed by atoms with Gasteiger partial charge in [0.1, 0.15) is 11.2 Å². The van der Waals surface area contributed by atoms with Crippen molar-refractivity contribution in [2.75, 3.05) is 0 Å². The second kappa shape index (κ2) is 11.9. The smallest absolute Gasteiger partial charge is 0.407 e. The van der Waals surface area contributed by atoms with Crippen molar-refractivity contribution in [1.29, 1.82) is 0 Å². The third kappa shape index (κ3) is 8.71. The Bertz CT molecular complexity index is 912. The van der Waals surface area contributed by atoms with Crippen molar-refractivity contribution >= 4 is 12.2 Å². The Labute approximate surface area is 202 Å². The van der Waals surface area contributed by atoms with Crippen molar-refractivity contribution in [2.24, 2.45) is 11.7 Å². The molecule has 2 aromatic carbocycles. The lowest BCUT2D eigenvalue weighted by atomic mass is 9.79. The Morgan fingerprint density at radius 1 is 0.941 bits per heavy atom. The molecule has 0 saturated carbocycles. The fraction of sp³-hybridized carbons (Fsp3) is 0.481. The summed E-state index contributed by atoms with van der Waals surface area (Å²) in [5, 5.41) is 14.3. The fourth-order valence-electron chi connectivity index (χ4n) is 4.15. The van der Waals surface area contributed by atoms with E-state index in [-0.39, 0.29) is 12.3 Å². The van der Waals surface area contributed by atoms with Gasteiger partial charge in [-0.15, -0.1) is 0 Å². The van der Waals surface area contributed by atoms with E-state index in [1.54, 1.807) is 20.8 Å². The van der Waals surface area contributed by atoms with Gasteiger partial charge in [-0.3, -0.25) is 0 Å². The van der Waals surface area contributed by atoms with Crippen LogP contribution in [0.15, 0.2) is 60.7 Å². The number of aliphatic hydroxyl groups is 1. The molecule has 0 spiro atoms. The highest BCUT2D eigenvalue weighted by atomic mass is 16.6. The molecule has 0 fully saturated rings. The lowest BCUT2D eigenvalue weighted by Gasteiger charge is -2.38. The van der Waals surface area contributed by atoms with E-state index in [0.717, 1.165) is 11.1 Å². The van der Waals surface area contributed by atoms with Crippen molar-refractivity contribution < 1.29 is 24.2 Å². The van der Waals surface area contributed by atoms with Gasteiger partial charge in [0.05, 0.1) is 12.1 Å². The number of primary amides is 1. The zero-order chi connectivity index (χ0) is 25.4. The first-order valence-corrected chi connectivity index (χ1v) is 11.7. The van der Waals surface area contributed by atoms with Gasteiger partial charge in [0, 0.05) is 6.42 Å². The van der Waals surface area contributed by atoms with Crippen LogP contribution in [-0.4, -0.2) is 35.0 Å². The average molecular weight is 471 g/mol. The van der Waals surface area contributed by atoms with E-state index in [2.05, 4.69) is 5.32 Å². The zero-order valence-corrected chi connectivity index (χ0v) is 20.8. The number of alkyl carbamates (subject to hydrolysis) is 1. The lowest BCUT2D eigenvalue weighted by molar-refractivity contribution is -0.0486. The average Bonchev–Trinajstić information content (AvgIpc) is 2.72. The number of hydrogen-bond acceptors (Lipinski definition) is 5. The van der Waals surface area contributed by atoms with Crippen LogP contribution in [0.4, 0.5) is 9.59 Å². The molecule has 186 valence electrons. The number of nitrogens with one attached hydrogen (secondary N) is 1. The molecular weight excluding hydrogens is 432 g/mol. The van der Waals surface area contributed by atoms with Crippen LogP contribution in [0.25, 0.3) is 0 Å². The van der Waals surface area contributed by atoms with Crippen molar-refractivity contribution in [2.45, 2.75) is 77.2 Å². The Hall–Kier alpha value is -3.06. The molecule has 0 aliphatic carbocycles.